The van der Waals surface area contributed by atoms with Crippen LogP contribution in [0.3, 0.4) is 0 Å². The van der Waals surface area contributed by atoms with Crippen molar-refractivity contribution in [2.45, 2.75) is 25.4 Å². The normalized spacial score (nSPS) is 16.8. The Morgan fingerprint density at radius 2 is 2.06 bits per heavy atom. The molecule has 1 amide bonds. The number of pyridine rings is 1. The van der Waals surface area contributed by atoms with Crippen molar-refractivity contribution in [1.82, 2.24) is 19.7 Å². The summed E-state index contributed by atoms with van der Waals surface area (Å²) < 4.78 is 18.4. The van der Waals surface area contributed by atoms with Crippen molar-refractivity contribution in [3.8, 4) is 23.0 Å². The van der Waals surface area contributed by atoms with E-state index in [0.29, 0.717) is 29.2 Å². The van der Waals surface area contributed by atoms with Crippen molar-refractivity contribution in [2.24, 2.45) is 0 Å². The molecule has 7 rings (SSSR count). The molecule has 9 heteroatoms. The van der Waals surface area contributed by atoms with Gasteiger partial charge in [-0.05, 0) is 60.2 Å². The molecule has 1 atom stereocenters. The molecular formula is C27H22N4O4S. The highest BCUT2D eigenvalue weighted by Crippen LogP contribution is 2.37. The van der Waals surface area contributed by atoms with Crippen LogP contribution in [0.5, 0.6) is 11.5 Å². The largest absolute Gasteiger partial charge is 0.463 e. The van der Waals surface area contributed by atoms with E-state index in [0.717, 1.165) is 41.8 Å². The number of amides is 1. The number of carbonyl (C=O) groups excluding carboxylic acids is 1. The van der Waals surface area contributed by atoms with Gasteiger partial charge in [-0.1, -0.05) is 12.1 Å². The third-order valence-electron chi connectivity index (χ3n) is 6.77. The Morgan fingerprint density at radius 1 is 1.11 bits per heavy atom. The fraction of sp³-hybridized carbons (Fsp3) is 0.222. The molecule has 180 valence electrons. The number of hydrogen-bond donors (Lipinski definition) is 0. The van der Waals surface area contributed by atoms with Crippen LogP contribution < -0.4 is 9.47 Å². The van der Waals surface area contributed by atoms with Crippen molar-refractivity contribution in [3.05, 3.63) is 82.4 Å². The SMILES string of the molecule is O=C(c1cc(-c2ccco2)nc2c1cnn2Cc1ccc2c(c1)OCO2)N1CCC[C@@H]1c1cccs1. The molecule has 0 saturated carbocycles. The number of likely N-dealkylation sites (tertiary alicyclic amines) is 1. The highest BCUT2D eigenvalue weighted by Gasteiger charge is 2.33. The molecular weight excluding hydrogens is 476 g/mol. The van der Waals surface area contributed by atoms with E-state index in [1.54, 1.807) is 23.8 Å². The zero-order valence-corrected chi connectivity index (χ0v) is 20.1. The molecule has 0 unspecified atom stereocenters. The number of benzene rings is 1. The Kier molecular flexibility index (Phi) is 5.02. The molecule has 0 bridgehead atoms. The van der Waals surface area contributed by atoms with Crippen molar-refractivity contribution in [1.29, 1.82) is 0 Å². The number of hydrogen-bond acceptors (Lipinski definition) is 7. The van der Waals surface area contributed by atoms with Crippen LogP contribution in [0.15, 0.2) is 70.8 Å². The summed E-state index contributed by atoms with van der Waals surface area (Å²) in [6, 6.07) is 15.6. The second kappa shape index (κ2) is 8.53. The average molecular weight is 499 g/mol. The van der Waals surface area contributed by atoms with Crippen LogP contribution in [0, 0.1) is 0 Å². The van der Waals surface area contributed by atoms with Gasteiger partial charge in [-0.2, -0.15) is 5.10 Å². The van der Waals surface area contributed by atoms with Gasteiger partial charge in [0.25, 0.3) is 5.91 Å². The maximum absolute atomic E-state index is 14.0. The van der Waals surface area contributed by atoms with Gasteiger partial charge < -0.3 is 18.8 Å². The summed E-state index contributed by atoms with van der Waals surface area (Å²) in [5.41, 5.74) is 2.83. The van der Waals surface area contributed by atoms with E-state index in [2.05, 4.69) is 16.5 Å². The smallest absolute Gasteiger partial charge is 0.255 e. The molecule has 2 aliphatic heterocycles. The van der Waals surface area contributed by atoms with Crippen LogP contribution in [0.2, 0.25) is 0 Å². The highest BCUT2D eigenvalue weighted by molar-refractivity contribution is 7.10. The number of aromatic nitrogens is 3. The van der Waals surface area contributed by atoms with Gasteiger partial charge in [0.05, 0.1) is 36.0 Å². The minimum Gasteiger partial charge on any atom is -0.463 e. The molecule has 8 nitrogen and oxygen atoms in total. The van der Waals surface area contributed by atoms with Crippen molar-refractivity contribution >= 4 is 28.3 Å². The Labute approximate surface area is 210 Å². The first-order valence-electron chi connectivity index (χ1n) is 11.9. The summed E-state index contributed by atoms with van der Waals surface area (Å²) >= 11 is 1.70. The van der Waals surface area contributed by atoms with Gasteiger partial charge in [0, 0.05) is 11.4 Å². The quantitative estimate of drug-likeness (QED) is 0.318. The summed E-state index contributed by atoms with van der Waals surface area (Å²) in [6.07, 6.45) is 5.30. The molecule has 0 radical (unpaired) electrons. The lowest BCUT2D eigenvalue weighted by atomic mass is 10.1. The van der Waals surface area contributed by atoms with Gasteiger partial charge in [-0.15, -0.1) is 11.3 Å². The molecule has 0 aliphatic carbocycles. The number of furan rings is 1. The van der Waals surface area contributed by atoms with Crippen molar-refractivity contribution in [3.63, 3.8) is 0 Å². The maximum Gasteiger partial charge on any atom is 0.255 e. The fourth-order valence-corrected chi connectivity index (χ4v) is 5.92. The van der Waals surface area contributed by atoms with Crippen LogP contribution in [0.25, 0.3) is 22.5 Å². The molecule has 1 fully saturated rings. The molecule has 1 saturated heterocycles. The van der Waals surface area contributed by atoms with Gasteiger partial charge in [-0.25, -0.2) is 9.67 Å². The summed E-state index contributed by atoms with van der Waals surface area (Å²) in [4.78, 5) is 22.1. The van der Waals surface area contributed by atoms with E-state index < -0.39 is 0 Å². The van der Waals surface area contributed by atoms with E-state index in [-0.39, 0.29) is 18.7 Å². The summed E-state index contributed by atoms with van der Waals surface area (Å²) in [6.45, 7) is 1.43. The van der Waals surface area contributed by atoms with Gasteiger partial charge in [0.1, 0.15) is 5.69 Å². The molecule has 5 aromatic rings. The number of fused-ring (bicyclic) bond motifs is 2. The predicted octanol–water partition coefficient (Wildman–Crippen LogP) is 5.51. The number of nitrogens with zero attached hydrogens (tertiary/aromatic N) is 4. The van der Waals surface area contributed by atoms with Gasteiger partial charge in [-0.3, -0.25) is 4.79 Å². The molecule has 1 aromatic carbocycles. The number of rotatable bonds is 5. The monoisotopic (exact) mass is 498 g/mol. The third-order valence-corrected chi connectivity index (χ3v) is 7.74. The zero-order chi connectivity index (χ0) is 24.1. The van der Waals surface area contributed by atoms with Crippen LogP contribution in [0.1, 0.15) is 39.7 Å². The van der Waals surface area contributed by atoms with Crippen LogP contribution in [0.4, 0.5) is 0 Å². The number of thiophene rings is 1. The average Bonchev–Trinajstić information content (AvgIpc) is 3.73. The van der Waals surface area contributed by atoms with Gasteiger partial charge in [0.2, 0.25) is 6.79 Å². The topological polar surface area (TPSA) is 82.6 Å². The molecule has 0 N–H and O–H groups in total. The van der Waals surface area contributed by atoms with E-state index in [4.69, 9.17) is 18.9 Å². The van der Waals surface area contributed by atoms with E-state index in [1.807, 2.05) is 52.0 Å². The minimum atomic E-state index is -0.00580. The first-order chi connectivity index (χ1) is 17.7. The predicted molar refractivity (Wildman–Crippen MR) is 134 cm³/mol. The standard InChI is InChI=1S/C27H22N4O4S/c32-27(30-9-1-4-21(30)25-6-3-11-36-25)18-13-20(22-5-2-10-33-22)29-26-19(18)14-28-31(26)15-17-7-8-23-24(12-17)35-16-34-23/h2-3,5-8,10-14,21H,1,4,9,15-16H2/t21-/m1/s1. The lowest BCUT2D eigenvalue weighted by Crippen LogP contribution is -2.30. The Bertz CT molecular complexity index is 1560. The first kappa shape index (κ1) is 21.2. The lowest BCUT2D eigenvalue weighted by Gasteiger charge is -2.24. The lowest BCUT2D eigenvalue weighted by molar-refractivity contribution is 0.0740. The minimum absolute atomic E-state index is 0.00580. The Balaban J connectivity index is 1.31. The number of carbonyl (C=O) groups is 1. The second-order valence-corrected chi connectivity index (χ2v) is 9.91. The molecule has 6 heterocycles. The maximum atomic E-state index is 14.0. The highest BCUT2D eigenvalue weighted by atomic mass is 32.1. The summed E-state index contributed by atoms with van der Waals surface area (Å²) in [5.74, 6) is 2.06. The van der Waals surface area contributed by atoms with Crippen LogP contribution in [-0.4, -0.2) is 38.9 Å². The fourth-order valence-electron chi connectivity index (χ4n) is 5.04. The van der Waals surface area contributed by atoms with Crippen molar-refractivity contribution < 1.29 is 18.7 Å². The molecule has 0 spiro atoms. The van der Waals surface area contributed by atoms with E-state index >= 15 is 0 Å². The zero-order valence-electron chi connectivity index (χ0n) is 19.3. The van der Waals surface area contributed by atoms with Crippen LogP contribution in [-0.2, 0) is 6.54 Å². The first-order valence-corrected chi connectivity index (χ1v) is 12.8. The van der Waals surface area contributed by atoms with Gasteiger partial charge in [0.15, 0.2) is 22.9 Å². The Morgan fingerprint density at radius 3 is 2.92 bits per heavy atom. The number of ether oxygens (including phenoxy) is 2. The van der Waals surface area contributed by atoms with E-state index in [1.165, 1.54) is 4.88 Å². The Hall–Kier alpha value is -4.11. The van der Waals surface area contributed by atoms with Crippen LogP contribution >= 0.6 is 11.3 Å². The molecule has 36 heavy (non-hydrogen) atoms. The third kappa shape index (κ3) is 3.54. The second-order valence-electron chi connectivity index (χ2n) is 8.93. The van der Waals surface area contributed by atoms with E-state index in [9.17, 15) is 4.79 Å². The molecule has 2 aliphatic rings. The summed E-state index contributed by atoms with van der Waals surface area (Å²) in [5, 5.41) is 7.42. The van der Waals surface area contributed by atoms with Crippen molar-refractivity contribution in [2.75, 3.05) is 13.3 Å². The molecule has 4 aromatic heterocycles. The summed E-state index contributed by atoms with van der Waals surface area (Å²) in [7, 11) is 0. The van der Waals surface area contributed by atoms with Gasteiger partial charge >= 0.3 is 0 Å².